The smallest absolute Gasteiger partial charge is 0.0870 e. The number of hydrogen-bond acceptors (Lipinski definition) is 0. The molecule has 1 heterocycles. The molecular formula is C8H15S+. The summed E-state index contributed by atoms with van der Waals surface area (Å²) in [5.74, 6) is 4.37. The second kappa shape index (κ2) is 3.99. The maximum atomic E-state index is 2.31. The fourth-order valence-electron chi connectivity index (χ4n) is 1.11. The molecule has 0 aromatic carbocycles. The van der Waals surface area contributed by atoms with Crippen LogP contribution in [0.5, 0.6) is 0 Å². The van der Waals surface area contributed by atoms with Crippen LogP contribution in [0.3, 0.4) is 0 Å². The van der Waals surface area contributed by atoms with Gasteiger partial charge in [-0.15, -0.1) is 0 Å². The molecule has 0 unspecified atom stereocenters. The largest absolute Gasteiger partial charge is 0.126 e. The van der Waals surface area contributed by atoms with Crippen LogP contribution >= 0.6 is 0 Å². The highest BCUT2D eigenvalue weighted by Gasteiger charge is 2.21. The predicted molar refractivity (Wildman–Crippen MR) is 46.0 cm³/mol. The maximum Gasteiger partial charge on any atom is 0.126 e. The number of rotatable bonds is 2. The molecule has 1 aliphatic heterocycles. The van der Waals surface area contributed by atoms with Crippen molar-refractivity contribution in [1.82, 2.24) is 0 Å². The lowest BCUT2D eigenvalue weighted by Crippen LogP contribution is -2.05. The molecule has 0 saturated carbocycles. The standard InChI is InChI=1S/C8H15S/c1-2-3-6-9-7-4-5-8-9/h2-3H,4-8H2,1H3/q+1. The molecule has 52 valence electrons. The van der Waals surface area contributed by atoms with E-state index in [0.717, 1.165) is 10.9 Å². The molecule has 9 heavy (non-hydrogen) atoms. The van der Waals surface area contributed by atoms with Gasteiger partial charge in [-0.3, -0.25) is 0 Å². The van der Waals surface area contributed by atoms with E-state index in [1.165, 1.54) is 30.1 Å². The van der Waals surface area contributed by atoms with Gasteiger partial charge in [0.05, 0.1) is 0 Å². The van der Waals surface area contributed by atoms with Gasteiger partial charge in [-0.2, -0.15) is 0 Å². The zero-order chi connectivity index (χ0) is 6.53. The van der Waals surface area contributed by atoms with Crippen molar-refractivity contribution in [1.29, 1.82) is 0 Å². The van der Waals surface area contributed by atoms with E-state index in [2.05, 4.69) is 19.1 Å². The molecule has 0 aromatic rings. The highest BCUT2D eigenvalue weighted by molar-refractivity contribution is 7.97. The van der Waals surface area contributed by atoms with Crippen LogP contribution in [0.2, 0.25) is 0 Å². The topological polar surface area (TPSA) is 0 Å². The van der Waals surface area contributed by atoms with E-state index in [1.54, 1.807) is 0 Å². The molecule has 0 spiro atoms. The van der Waals surface area contributed by atoms with E-state index in [1.807, 2.05) is 0 Å². The van der Waals surface area contributed by atoms with E-state index in [-0.39, 0.29) is 0 Å². The summed E-state index contributed by atoms with van der Waals surface area (Å²) in [5.41, 5.74) is 0. The predicted octanol–water partition coefficient (Wildman–Crippen LogP) is 1.97. The first-order valence-corrected chi connectivity index (χ1v) is 5.42. The van der Waals surface area contributed by atoms with Crippen molar-refractivity contribution >= 4 is 10.9 Å². The Morgan fingerprint density at radius 2 is 2.00 bits per heavy atom. The third kappa shape index (κ3) is 2.44. The minimum Gasteiger partial charge on any atom is -0.0870 e. The van der Waals surface area contributed by atoms with Crippen molar-refractivity contribution < 1.29 is 0 Å². The molecule has 0 aliphatic carbocycles. The summed E-state index contributed by atoms with van der Waals surface area (Å²) in [6, 6.07) is 0. The van der Waals surface area contributed by atoms with Crippen LogP contribution in [0.25, 0.3) is 0 Å². The molecule has 0 bridgehead atoms. The second-order valence-electron chi connectivity index (χ2n) is 2.46. The minimum atomic E-state index is 0.786. The van der Waals surface area contributed by atoms with Gasteiger partial charge >= 0.3 is 0 Å². The summed E-state index contributed by atoms with van der Waals surface area (Å²) < 4.78 is 0. The Morgan fingerprint density at radius 3 is 2.56 bits per heavy atom. The molecule has 0 amide bonds. The van der Waals surface area contributed by atoms with Crippen LogP contribution in [-0.4, -0.2) is 17.3 Å². The van der Waals surface area contributed by atoms with Gasteiger partial charge in [-0.1, -0.05) is 6.08 Å². The van der Waals surface area contributed by atoms with Crippen LogP contribution in [0.15, 0.2) is 12.2 Å². The van der Waals surface area contributed by atoms with E-state index in [0.29, 0.717) is 0 Å². The van der Waals surface area contributed by atoms with E-state index < -0.39 is 0 Å². The van der Waals surface area contributed by atoms with Crippen molar-refractivity contribution in [3.05, 3.63) is 12.2 Å². The molecule has 1 heteroatoms. The monoisotopic (exact) mass is 143 g/mol. The van der Waals surface area contributed by atoms with Crippen molar-refractivity contribution in [3.63, 3.8) is 0 Å². The number of allylic oxidation sites excluding steroid dienone is 1. The zero-order valence-corrected chi connectivity index (χ0v) is 6.91. The molecule has 0 atom stereocenters. The van der Waals surface area contributed by atoms with Gasteiger partial charge in [-0.05, 0) is 36.7 Å². The van der Waals surface area contributed by atoms with E-state index in [9.17, 15) is 0 Å². The fraction of sp³-hybridized carbons (Fsp3) is 0.750. The summed E-state index contributed by atoms with van der Waals surface area (Å²) in [4.78, 5) is 0. The first-order chi connectivity index (χ1) is 4.43. The third-order valence-corrected chi connectivity index (χ3v) is 4.08. The quantitative estimate of drug-likeness (QED) is 0.409. The van der Waals surface area contributed by atoms with Gasteiger partial charge in [-0.25, -0.2) is 0 Å². The maximum absolute atomic E-state index is 2.31. The lowest BCUT2D eigenvalue weighted by atomic mass is 10.4. The zero-order valence-electron chi connectivity index (χ0n) is 6.10. The van der Waals surface area contributed by atoms with Crippen LogP contribution in [0.4, 0.5) is 0 Å². The molecule has 0 radical (unpaired) electrons. The summed E-state index contributed by atoms with van der Waals surface area (Å²) in [7, 11) is 0.786. The van der Waals surface area contributed by atoms with Gasteiger partial charge in [0.15, 0.2) is 0 Å². The van der Waals surface area contributed by atoms with Crippen molar-refractivity contribution in [2.75, 3.05) is 17.3 Å². The lowest BCUT2D eigenvalue weighted by molar-refractivity contribution is 0.949. The Hall–Kier alpha value is 0.0900. The van der Waals surface area contributed by atoms with Gasteiger partial charge in [0.25, 0.3) is 0 Å². The van der Waals surface area contributed by atoms with Crippen LogP contribution in [-0.2, 0) is 10.9 Å². The molecule has 0 nitrogen and oxygen atoms in total. The Bertz CT molecular complexity index is 90.7. The Kier molecular flexibility index (Phi) is 3.20. The van der Waals surface area contributed by atoms with Gasteiger partial charge < -0.3 is 0 Å². The van der Waals surface area contributed by atoms with Gasteiger partial charge in [0, 0.05) is 0 Å². The highest BCUT2D eigenvalue weighted by Crippen LogP contribution is 2.12. The van der Waals surface area contributed by atoms with E-state index in [4.69, 9.17) is 0 Å². The molecule has 1 fully saturated rings. The van der Waals surface area contributed by atoms with Crippen LogP contribution in [0, 0.1) is 0 Å². The molecule has 0 aromatic heterocycles. The molecule has 0 N–H and O–H groups in total. The molecular weight excluding hydrogens is 128 g/mol. The normalized spacial score (nSPS) is 21.9. The third-order valence-electron chi connectivity index (χ3n) is 1.68. The van der Waals surface area contributed by atoms with Gasteiger partial charge in [0.1, 0.15) is 17.3 Å². The first-order valence-electron chi connectivity index (χ1n) is 3.68. The number of hydrogen-bond donors (Lipinski definition) is 0. The van der Waals surface area contributed by atoms with Crippen LogP contribution in [0.1, 0.15) is 19.8 Å². The lowest BCUT2D eigenvalue weighted by Gasteiger charge is -1.92. The molecule has 1 aliphatic rings. The Balaban J connectivity index is 2.11. The average molecular weight is 143 g/mol. The summed E-state index contributed by atoms with van der Waals surface area (Å²) in [6.45, 7) is 2.11. The minimum absolute atomic E-state index is 0.786. The Labute approximate surface area is 60.7 Å². The summed E-state index contributed by atoms with van der Waals surface area (Å²) in [6.07, 6.45) is 7.46. The molecule has 1 rings (SSSR count). The Morgan fingerprint density at radius 1 is 1.33 bits per heavy atom. The second-order valence-corrected chi connectivity index (χ2v) is 4.84. The fourth-order valence-corrected chi connectivity index (χ4v) is 3.34. The average Bonchev–Trinajstić information content (AvgIpc) is 2.34. The molecule has 1 saturated heterocycles. The van der Waals surface area contributed by atoms with Crippen LogP contribution < -0.4 is 0 Å². The van der Waals surface area contributed by atoms with E-state index >= 15 is 0 Å². The summed E-state index contributed by atoms with van der Waals surface area (Å²) >= 11 is 0. The van der Waals surface area contributed by atoms with Crippen molar-refractivity contribution in [2.24, 2.45) is 0 Å². The summed E-state index contributed by atoms with van der Waals surface area (Å²) in [5, 5.41) is 0. The SMILES string of the molecule is CC=CC[S+]1CCCC1. The van der Waals surface area contributed by atoms with Crippen molar-refractivity contribution in [3.8, 4) is 0 Å². The first kappa shape index (κ1) is 7.20. The van der Waals surface area contributed by atoms with Gasteiger partial charge in [0.2, 0.25) is 0 Å². The highest BCUT2D eigenvalue weighted by atomic mass is 32.2. The van der Waals surface area contributed by atoms with Crippen molar-refractivity contribution in [2.45, 2.75) is 19.8 Å².